The first kappa shape index (κ1) is 16.8. The van der Waals surface area contributed by atoms with E-state index < -0.39 is 0 Å². The number of allylic oxidation sites excluding steroid dienone is 1. The molecule has 1 heteroatoms. The first-order chi connectivity index (χ1) is 11.5. The first-order valence-corrected chi connectivity index (χ1v) is 9.01. The lowest BCUT2D eigenvalue weighted by atomic mass is 9.91. The zero-order valence-corrected chi connectivity index (χ0v) is 15.1. The largest absolute Gasteiger partial charge is 0.490 e. The molecule has 2 unspecified atom stereocenters. The molecule has 2 aromatic carbocycles. The van der Waals surface area contributed by atoms with Crippen molar-refractivity contribution in [1.29, 1.82) is 0 Å². The number of benzene rings is 2. The highest BCUT2D eigenvalue weighted by Crippen LogP contribution is 2.41. The van der Waals surface area contributed by atoms with Gasteiger partial charge < -0.3 is 4.74 Å². The van der Waals surface area contributed by atoms with E-state index >= 15 is 0 Å². The van der Waals surface area contributed by atoms with Gasteiger partial charge in [-0.05, 0) is 48.8 Å². The highest BCUT2D eigenvalue weighted by atomic mass is 16.5. The topological polar surface area (TPSA) is 9.23 Å². The fourth-order valence-electron chi connectivity index (χ4n) is 3.51. The minimum absolute atomic E-state index is 0.176. The maximum Gasteiger partial charge on any atom is 0.124 e. The van der Waals surface area contributed by atoms with Crippen molar-refractivity contribution in [3.05, 3.63) is 83.1 Å². The van der Waals surface area contributed by atoms with E-state index in [4.69, 9.17) is 4.74 Å². The summed E-state index contributed by atoms with van der Waals surface area (Å²) >= 11 is 0. The van der Waals surface area contributed by atoms with E-state index in [-0.39, 0.29) is 6.10 Å². The van der Waals surface area contributed by atoms with Crippen LogP contribution in [0.1, 0.15) is 55.0 Å². The van der Waals surface area contributed by atoms with Gasteiger partial charge in [0.05, 0.1) is 5.76 Å². The predicted molar refractivity (Wildman–Crippen MR) is 101 cm³/mol. The third-order valence-corrected chi connectivity index (χ3v) is 4.88. The Morgan fingerprint density at radius 3 is 2.17 bits per heavy atom. The Balaban J connectivity index is 1.64. The number of aryl methyl sites for hydroxylation is 1. The van der Waals surface area contributed by atoms with Crippen LogP contribution in [0.15, 0.2) is 60.9 Å². The molecule has 1 aliphatic rings. The molecule has 2 aromatic rings. The van der Waals surface area contributed by atoms with Crippen LogP contribution in [-0.4, -0.2) is 0 Å². The van der Waals surface area contributed by atoms with Crippen LogP contribution in [0.3, 0.4) is 0 Å². The molecular weight excluding hydrogens is 292 g/mol. The van der Waals surface area contributed by atoms with E-state index in [0.717, 1.165) is 18.6 Å². The molecular formula is C23H28O. The van der Waals surface area contributed by atoms with Gasteiger partial charge in [-0.2, -0.15) is 0 Å². The van der Waals surface area contributed by atoms with E-state index in [1.54, 1.807) is 0 Å². The summed E-state index contributed by atoms with van der Waals surface area (Å²) in [5.41, 5.74) is 5.28. The summed E-state index contributed by atoms with van der Waals surface area (Å²) in [5.74, 6) is 2.16. The van der Waals surface area contributed by atoms with Crippen molar-refractivity contribution in [3.63, 3.8) is 0 Å². The predicted octanol–water partition coefficient (Wildman–Crippen LogP) is 6.22. The van der Waals surface area contributed by atoms with E-state index in [2.05, 4.69) is 75.9 Å². The molecule has 126 valence electrons. The van der Waals surface area contributed by atoms with Crippen molar-refractivity contribution >= 4 is 0 Å². The molecule has 0 aliphatic carbocycles. The molecule has 0 radical (unpaired) electrons. The molecule has 1 heterocycles. The molecule has 0 aromatic heterocycles. The summed E-state index contributed by atoms with van der Waals surface area (Å²) in [6.45, 7) is 10.8. The molecule has 0 N–H and O–H groups in total. The SMILES string of the molecule is C=C1OC(c2ccc(Cc3ccc(C)cc3)cc2)CC1CC(C)C. The second-order valence-corrected chi connectivity index (χ2v) is 7.54. The lowest BCUT2D eigenvalue weighted by Gasteiger charge is -2.11. The van der Waals surface area contributed by atoms with Crippen LogP contribution in [0.5, 0.6) is 0 Å². The van der Waals surface area contributed by atoms with Crippen molar-refractivity contribution in [3.8, 4) is 0 Å². The molecule has 0 saturated carbocycles. The summed E-state index contributed by atoms with van der Waals surface area (Å²) < 4.78 is 6.04. The van der Waals surface area contributed by atoms with Gasteiger partial charge in [0.2, 0.25) is 0 Å². The van der Waals surface area contributed by atoms with E-state index in [1.165, 1.54) is 28.7 Å². The van der Waals surface area contributed by atoms with Gasteiger partial charge in [0.15, 0.2) is 0 Å². The Morgan fingerprint density at radius 1 is 1.00 bits per heavy atom. The van der Waals surface area contributed by atoms with Crippen LogP contribution in [0.25, 0.3) is 0 Å². The lowest BCUT2D eigenvalue weighted by Crippen LogP contribution is -2.02. The Bertz CT molecular complexity index is 679. The monoisotopic (exact) mass is 320 g/mol. The summed E-state index contributed by atoms with van der Waals surface area (Å²) in [7, 11) is 0. The highest BCUT2D eigenvalue weighted by molar-refractivity contribution is 5.31. The molecule has 1 nitrogen and oxygen atoms in total. The van der Waals surface area contributed by atoms with Crippen molar-refractivity contribution in [2.45, 2.75) is 46.1 Å². The van der Waals surface area contributed by atoms with Crippen LogP contribution in [0, 0.1) is 18.8 Å². The average Bonchev–Trinajstić information content (AvgIpc) is 2.90. The van der Waals surface area contributed by atoms with Gasteiger partial charge >= 0.3 is 0 Å². The summed E-state index contributed by atoms with van der Waals surface area (Å²) in [4.78, 5) is 0. The molecule has 0 amide bonds. The molecule has 0 spiro atoms. The standard InChI is InChI=1S/C23H28O/c1-16(2)13-22-15-23(24-18(22)4)21-11-9-20(10-12-21)14-19-7-5-17(3)6-8-19/h5-12,16,22-23H,4,13-15H2,1-3H3. The Morgan fingerprint density at radius 2 is 1.58 bits per heavy atom. The van der Waals surface area contributed by atoms with Gasteiger partial charge in [0.25, 0.3) is 0 Å². The first-order valence-electron chi connectivity index (χ1n) is 9.01. The van der Waals surface area contributed by atoms with Gasteiger partial charge in [-0.15, -0.1) is 0 Å². The minimum Gasteiger partial charge on any atom is -0.490 e. The van der Waals surface area contributed by atoms with Crippen molar-refractivity contribution in [1.82, 2.24) is 0 Å². The van der Waals surface area contributed by atoms with Crippen LogP contribution in [0.2, 0.25) is 0 Å². The fraction of sp³-hybridized carbons (Fsp3) is 0.391. The smallest absolute Gasteiger partial charge is 0.124 e. The summed E-state index contributed by atoms with van der Waals surface area (Å²) in [5, 5.41) is 0. The molecule has 1 aliphatic heterocycles. The maximum absolute atomic E-state index is 6.04. The van der Waals surface area contributed by atoms with Crippen LogP contribution < -0.4 is 0 Å². The van der Waals surface area contributed by atoms with E-state index in [9.17, 15) is 0 Å². The number of hydrogen-bond donors (Lipinski definition) is 0. The molecule has 24 heavy (non-hydrogen) atoms. The molecule has 2 atom stereocenters. The zero-order chi connectivity index (χ0) is 17.1. The molecule has 1 fully saturated rings. The third-order valence-electron chi connectivity index (χ3n) is 4.88. The quantitative estimate of drug-likeness (QED) is 0.635. The second-order valence-electron chi connectivity index (χ2n) is 7.54. The van der Waals surface area contributed by atoms with Crippen molar-refractivity contribution in [2.75, 3.05) is 0 Å². The van der Waals surface area contributed by atoms with Gasteiger partial charge in [-0.25, -0.2) is 0 Å². The van der Waals surface area contributed by atoms with Crippen LogP contribution in [-0.2, 0) is 11.2 Å². The van der Waals surface area contributed by atoms with Crippen LogP contribution >= 0.6 is 0 Å². The number of hydrogen-bond acceptors (Lipinski definition) is 1. The average molecular weight is 320 g/mol. The zero-order valence-electron chi connectivity index (χ0n) is 15.1. The highest BCUT2D eigenvalue weighted by Gasteiger charge is 2.31. The van der Waals surface area contributed by atoms with E-state index in [1.807, 2.05) is 0 Å². The maximum atomic E-state index is 6.04. The van der Waals surface area contributed by atoms with Crippen molar-refractivity contribution < 1.29 is 4.74 Å². The van der Waals surface area contributed by atoms with Gasteiger partial charge in [-0.3, -0.25) is 0 Å². The summed E-state index contributed by atoms with van der Waals surface area (Å²) in [6.07, 6.45) is 3.39. The number of ether oxygens (including phenoxy) is 1. The minimum atomic E-state index is 0.176. The Kier molecular flexibility index (Phi) is 5.08. The molecule has 0 bridgehead atoms. The lowest BCUT2D eigenvalue weighted by molar-refractivity contribution is 0.163. The molecule has 1 saturated heterocycles. The van der Waals surface area contributed by atoms with Crippen LogP contribution in [0.4, 0.5) is 0 Å². The normalized spacial score (nSPS) is 20.4. The summed E-state index contributed by atoms with van der Waals surface area (Å²) in [6, 6.07) is 17.7. The van der Waals surface area contributed by atoms with Gasteiger partial charge in [-0.1, -0.05) is 74.5 Å². The van der Waals surface area contributed by atoms with Gasteiger partial charge in [0, 0.05) is 5.92 Å². The Labute approximate surface area is 146 Å². The second kappa shape index (κ2) is 7.25. The fourth-order valence-corrected chi connectivity index (χ4v) is 3.51. The van der Waals surface area contributed by atoms with E-state index in [0.29, 0.717) is 11.8 Å². The number of rotatable bonds is 5. The Hall–Kier alpha value is -2.02. The van der Waals surface area contributed by atoms with Crippen molar-refractivity contribution in [2.24, 2.45) is 11.8 Å². The van der Waals surface area contributed by atoms with Gasteiger partial charge in [0.1, 0.15) is 6.10 Å². The molecule has 3 rings (SSSR count). The third kappa shape index (κ3) is 4.08.